The van der Waals surface area contributed by atoms with Crippen molar-refractivity contribution in [3.8, 4) is 22.6 Å². The molecule has 0 amide bonds. The predicted octanol–water partition coefficient (Wildman–Crippen LogP) is 4.02. The zero-order valence-corrected chi connectivity index (χ0v) is 12.6. The van der Waals surface area contributed by atoms with Gasteiger partial charge in [0.1, 0.15) is 11.4 Å². The molecular formula is C18H16N4. The van der Waals surface area contributed by atoms with Crippen LogP contribution < -0.4 is 0 Å². The molecule has 0 saturated carbocycles. The molecule has 3 rings (SSSR count). The molecule has 4 nitrogen and oxygen atoms in total. The second-order valence-corrected chi connectivity index (χ2v) is 5.20. The maximum atomic E-state index is 4.54. The lowest BCUT2D eigenvalue weighted by Crippen LogP contribution is -1.94. The van der Waals surface area contributed by atoms with Crippen LogP contribution in [0.25, 0.3) is 28.7 Å². The summed E-state index contributed by atoms with van der Waals surface area (Å²) in [5, 5.41) is 0. The Bertz CT molecular complexity index is 789. The van der Waals surface area contributed by atoms with Gasteiger partial charge in [0.2, 0.25) is 0 Å². The Balaban J connectivity index is 1.92. The zero-order chi connectivity index (χ0) is 15.4. The van der Waals surface area contributed by atoms with E-state index in [-0.39, 0.29) is 0 Å². The molecule has 0 radical (unpaired) electrons. The average molecular weight is 288 g/mol. The third-order valence-electron chi connectivity index (χ3n) is 3.07. The SMILES string of the molecule is CC(C)=Cc1cncc(-c2cnc(-c3ccccc3)cn2)n1. The summed E-state index contributed by atoms with van der Waals surface area (Å²) in [6.45, 7) is 4.06. The molecule has 1 aromatic carbocycles. The molecule has 0 saturated heterocycles. The summed E-state index contributed by atoms with van der Waals surface area (Å²) in [7, 11) is 0. The van der Waals surface area contributed by atoms with Crippen LogP contribution in [0.4, 0.5) is 0 Å². The molecule has 0 N–H and O–H groups in total. The van der Waals surface area contributed by atoms with Crippen LogP contribution in [-0.4, -0.2) is 19.9 Å². The molecule has 108 valence electrons. The van der Waals surface area contributed by atoms with Crippen molar-refractivity contribution in [3.63, 3.8) is 0 Å². The van der Waals surface area contributed by atoms with E-state index in [2.05, 4.69) is 19.9 Å². The molecule has 4 heteroatoms. The molecule has 0 bridgehead atoms. The fourth-order valence-corrected chi connectivity index (χ4v) is 2.09. The first-order valence-corrected chi connectivity index (χ1v) is 7.07. The lowest BCUT2D eigenvalue weighted by atomic mass is 10.1. The fourth-order valence-electron chi connectivity index (χ4n) is 2.09. The Kier molecular flexibility index (Phi) is 4.01. The first-order valence-electron chi connectivity index (χ1n) is 7.07. The first-order chi connectivity index (χ1) is 10.7. The fraction of sp³-hybridized carbons (Fsp3) is 0.111. The van der Waals surface area contributed by atoms with E-state index >= 15 is 0 Å². The van der Waals surface area contributed by atoms with Crippen molar-refractivity contribution in [2.45, 2.75) is 13.8 Å². The number of nitrogens with zero attached hydrogens (tertiary/aromatic N) is 4. The summed E-state index contributed by atoms with van der Waals surface area (Å²) in [5.41, 5.74) is 5.34. The van der Waals surface area contributed by atoms with Crippen molar-refractivity contribution in [2.75, 3.05) is 0 Å². The summed E-state index contributed by atoms with van der Waals surface area (Å²) in [4.78, 5) is 17.7. The standard InChI is InChI=1S/C18H16N4/c1-13(2)8-15-9-19-10-18(22-15)17-12-20-16(11-21-17)14-6-4-3-5-7-14/h3-12H,1-2H3. The molecule has 2 aromatic heterocycles. The molecule has 2 heterocycles. The Morgan fingerprint density at radius 1 is 0.818 bits per heavy atom. The molecule has 0 aliphatic heterocycles. The van der Waals surface area contributed by atoms with Gasteiger partial charge in [-0.15, -0.1) is 0 Å². The summed E-state index contributed by atoms with van der Waals surface area (Å²) in [5.74, 6) is 0. The highest BCUT2D eigenvalue weighted by molar-refractivity contribution is 5.61. The molecule has 0 fully saturated rings. The van der Waals surface area contributed by atoms with Crippen molar-refractivity contribution < 1.29 is 0 Å². The number of benzene rings is 1. The van der Waals surface area contributed by atoms with Gasteiger partial charge in [0, 0.05) is 5.56 Å². The van der Waals surface area contributed by atoms with Gasteiger partial charge >= 0.3 is 0 Å². The van der Waals surface area contributed by atoms with E-state index in [1.54, 1.807) is 24.8 Å². The molecule has 22 heavy (non-hydrogen) atoms. The van der Waals surface area contributed by atoms with Gasteiger partial charge in [0.05, 0.1) is 36.2 Å². The van der Waals surface area contributed by atoms with Gasteiger partial charge in [-0.2, -0.15) is 0 Å². The molecule has 0 atom stereocenters. The van der Waals surface area contributed by atoms with Crippen molar-refractivity contribution >= 4 is 6.08 Å². The highest BCUT2D eigenvalue weighted by Crippen LogP contribution is 2.18. The monoisotopic (exact) mass is 288 g/mol. The normalized spacial score (nSPS) is 10.3. The summed E-state index contributed by atoms with van der Waals surface area (Å²) < 4.78 is 0. The van der Waals surface area contributed by atoms with Gasteiger partial charge in [0.25, 0.3) is 0 Å². The molecule has 0 unspecified atom stereocenters. The average Bonchev–Trinajstić information content (AvgIpc) is 2.55. The van der Waals surface area contributed by atoms with Crippen molar-refractivity contribution in [1.82, 2.24) is 19.9 Å². The highest BCUT2D eigenvalue weighted by atomic mass is 14.9. The summed E-state index contributed by atoms with van der Waals surface area (Å²) in [6, 6.07) is 9.98. The third-order valence-corrected chi connectivity index (χ3v) is 3.07. The van der Waals surface area contributed by atoms with Gasteiger partial charge in [0.15, 0.2) is 0 Å². The van der Waals surface area contributed by atoms with E-state index in [1.807, 2.05) is 50.3 Å². The summed E-state index contributed by atoms with van der Waals surface area (Å²) in [6.07, 6.45) is 8.93. The Labute approximate surface area is 129 Å². The second kappa shape index (κ2) is 6.26. The maximum Gasteiger partial charge on any atom is 0.109 e. The Hall–Kier alpha value is -2.88. The number of hydrogen-bond donors (Lipinski definition) is 0. The highest BCUT2D eigenvalue weighted by Gasteiger charge is 2.05. The minimum absolute atomic E-state index is 0.719. The predicted molar refractivity (Wildman–Crippen MR) is 87.8 cm³/mol. The van der Waals surface area contributed by atoms with E-state index in [4.69, 9.17) is 0 Å². The number of rotatable bonds is 3. The van der Waals surface area contributed by atoms with Gasteiger partial charge in [-0.3, -0.25) is 15.0 Å². The number of aromatic nitrogens is 4. The molecular weight excluding hydrogens is 272 g/mol. The molecule has 3 aromatic rings. The summed E-state index contributed by atoms with van der Waals surface area (Å²) >= 11 is 0. The van der Waals surface area contributed by atoms with Crippen LogP contribution in [0, 0.1) is 0 Å². The molecule has 0 aliphatic carbocycles. The van der Waals surface area contributed by atoms with Crippen LogP contribution in [0.2, 0.25) is 0 Å². The topological polar surface area (TPSA) is 51.6 Å². The van der Waals surface area contributed by atoms with Gasteiger partial charge in [-0.25, -0.2) is 4.98 Å². The van der Waals surface area contributed by atoms with E-state index in [9.17, 15) is 0 Å². The number of hydrogen-bond acceptors (Lipinski definition) is 4. The van der Waals surface area contributed by atoms with Gasteiger partial charge < -0.3 is 0 Å². The van der Waals surface area contributed by atoms with Crippen LogP contribution in [0.1, 0.15) is 19.5 Å². The van der Waals surface area contributed by atoms with E-state index in [0.29, 0.717) is 0 Å². The minimum atomic E-state index is 0.719. The molecule has 0 spiro atoms. The Morgan fingerprint density at radius 2 is 1.55 bits per heavy atom. The Morgan fingerprint density at radius 3 is 2.23 bits per heavy atom. The quantitative estimate of drug-likeness (QED) is 0.730. The maximum absolute atomic E-state index is 4.54. The van der Waals surface area contributed by atoms with E-state index in [1.165, 1.54) is 5.57 Å². The zero-order valence-electron chi connectivity index (χ0n) is 12.6. The van der Waals surface area contributed by atoms with Crippen molar-refractivity contribution in [2.24, 2.45) is 0 Å². The van der Waals surface area contributed by atoms with Crippen molar-refractivity contribution in [3.05, 3.63) is 66.4 Å². The van der Waals surface area contributed by atoms with Crippen LogP contribution in [-0.2, 0) is 0 Å². The lowest BCUT2D eigenvalue weighted by molar-refractivity contribution is 1.13. The second-order valence-electron chi connectivity index (χ2n) is 5.20. The van der Waals surface area contributed by atoms with Gasteiger partial charge in [-0.1, -0.05) is 35.9 Å². The van der Waals surface area contributed by atoms with Crippen LogP contribution in [0.15, 0.2) is 60.7 Å². The largest absolute Gasteiger partial charge is 0.260 e. The van der Waals surface area contributed by atoms with Crippen LogP contribution in [0.3, 0.4) is 0 Å². The van der Waals surface area contributed by atoms with Crippen molar-refractivity contribution in [1.29, 1.82) is 0 Å². The number of allylic oxidation sites excluding steroid dienone is 1. The van der Waals surface area contributed by atoms with Crippen LogP contribution in [0.5, 0.6) is 0 Å². The minimum Gasteiger partial charge on any atom is -0.260 e. The van der Waals surface area contributed by atoms with Gasteiger partial charge in [-0.05, 0) is 19.9 Å². The van der Waals surface area contributed by atoms with Crippen LogP contribution >= 0.6 is 0 Å². The lowest BCUT2D eigenvalue weighted by Gasteiger charge is -2.03. The first kappa shape index (κ1) is 14.1. The van der Waals surface area contributed by atoms with E-state index < -0.39 is 0 Å². The smallest absolute Gasteiger partial charge is 0.109 e. The third kappa shape index (κ3) is 3.23. The van der Waals surface area contributed by atoms with E-state index in [0.717, 1.165) is 28.3 Å². The molecule has 0 aliphatic rings.